The number of benzene rings is 1. The maximum Gasteiger partial charge on any atom is 0.303 e. The Bertz CT molecular complexity index is 458. The average molecular weight is 264 g/mol. The number of amides is 1. The summed E-state index contributed by atoms with van der Waals surface area (Å²) in [5.74, 6) is -0.926. The first-order valence-electron chi connectivity index (χ1n) is 6.16. The average Bonchev–Trinajstić information content (AvgIpc) is 2.37. The Morgan fingerprint density at radius 3 is 2.47 bits per heavy atom. The molecular formula is C14H20N2O3. The summed E-state index contributed by atoms with van der Waals surface area (Å²) in [7, 11) is 5.52. The van der Waals surface area contributed by atoms with E-state index in [1.165, 1.54) is 0 Å². The van der Waals surface area contributed by atoms with Crippen molar-refractivity contribution in [3.8, 4) is 0 Å². The van der Waals surface area contributed by atoms with E-state index >= 15 is 0 Å². The summed E-state index contributed by atoms with van der Waals surface area (Å²) in [6, 6.07) is 7.37. The topological polar surface area (TPSA) is 60.9 Å². The molecule has 19 heavy (non-hydrogen) atoms. The predicted octanol–water partition coefficient (Wildman–Crippen LogP) is 1.69. The van der Waals surface area contributed by atoms with Gasteiger partial charge in [-0.05, 0) is 24.6 Å². The summed E-state index contributed by atoms with van der Waals surface area (Å²) in [5, 5.41) is 8.57. The van der Waals surface area contributed by atoms with E-state index in [2.05, 4.69) is 0 Å². The van der Waals surface area contributed by atoms with Crippen molar-refractivity contribution in [2.45, 2.75) is 12.8 Å². The van der Waals surface area contributed by atoms with Gasteiger partial charge in [-0.1, -0.05) is 6.07 Å². The van der Waals surface area contributed by atoms with Crippen molar-refractivity contribution in [3.05, 3.63) is 29.8 Å². The zero-order valence-electron chi connectivity index (χ0n) is 11.6. The molecule has 5 nitrogen and oxygen atoms in total. The molecule has 1 N–H and O–H groups in total. The van der Waals surface area contributed by atoms with E-state index < -0.39 is 5.97 Å². The third-order valence-corrected chi connectivity index (χ3v) is 2.84. The Kier molecular flexibility index (Phi) is 5.36. The number of carboxylic acids is 1. The zero-order chi connectivity index (χ0) is 14.4. The highest BCUT2D eigenvalue weighted by Gasteiger charge is 2.12. The van der Waals surface area contributed by atoms with Crippen LogP contribution in [0.2, 0.25) is 0 Å². The number of aliphatic carboxylic acids is 1. The minimum atomic E-state index is -0.838. The third kappa shape index (κ3) is 4.62. The van der Waals surface area contributed by atoms with Crippen molar-refractivity contribution in [1.29, 1.82) is 0 Å². The summed E-state index contributed by atoms with van der Waals surface area (Å²) >= 11 is 0. The molecule has 0 radical (unpaired) electrons. The molecular weight excluding hydrogens is 244 g/mol. The van der Waals surface area contributed by atoms with Crippen LogP contribution >= 0.6 is 0 Å². The van der Waals surface area contributed by atoms with Gasteiger partial charge < -0.3 is 14.9 Å². The van der Waals surface area contributed by atoms with Crippen LogP contribution in [0.15, 0.2) is 24.3 Å². The maximum atomic E-state index is 12.2. The number of carbonyl (C=O) groups excluding carboxylic acids is 1. The Labute approximate surface area is 113 Å². The summed E-state index contributed by atoms with van der Waals surface area (Å²) in [6.07, 6.45) is 0.542. The first-order chi connectivity index (χ1) is 8.91. The number of hydrogen-bond donors (Lipinski definition) is 1. The minimum Gasteiger partial charge on any atom is -0.481 e. The Morgan fingerprint density at radius 2 is 1.89 bits per heavy atom. The molecule has 1 aromatic carbocycles. The molecule has 0 aliphatic carbocycles. The first kappa shape index (κ1) is 15.0. The fourth-order valence-electron chi connectivity index (χ4n) is 1.71. The highest BCUT2D eigenvalue weighted by Crippen LogP contribution is 2.14. The van der Waals surface area contributed by atoms with Crippen molar-refractivity contribution >= 4 is 17.6 Å². The lowest BCUT2D eigenvalue weighted by molar-refractivity contribution is -0.137. The molecule has 0 bridgehead atoms. The molecule has 1 rings (SSSR count). The molecule has 0 spiro atoms. The minimum absolute atomic E-state index is 0.0787. The second kappa shape index (κ2) is 6.78. The highest BCUT2D eigenvalue weighted by molar-refractivity contribution is 5.95. The van der Waals surface area contributed by atoms with E-state index in [-0.39, 0.29) is 12.3 Å². The number of carbonyl (C=O) groups is 2. The summed E-state index contributed by atoms with van der Waals surface area (Å²) in [4.78, 5) is 26.1. The lowest BCUT2D eigenvalue weighted by atomic mass is 10.1. The Hall–Kier alpha value is -2.04. The van der Waals surface area contributed by atoms with Crippen LogP contribution in [-0.4, -0.2) is 49.6 Å². The van der Waals surface area contributed by atoms with Gasteiger partial charge in [-0.25, -0.2) is 0 Å². The number of rotatable bonds is 6. The normalized spacial score (nSPS) is 10.1. The molecule has 0 aliphatic heterocycles. The predicted molar refractivity (Wildman–Crippen MR) is 74.6 cm³/mol. The molecule has 0 saturated carbocycles. The van der Waals surface area contributed by atoms with E-state index in [0.29, 0.717) is 18.5 Å². The van der Waals surface area contributed by atoms with Gasteiger partial charge in [-0.3, -0.25) is 9.59 Å². The fraction of sp³-hybridized carbons (Fsp3) is 0.429. The molecule has 1 amide bonds. The summed E-state index contributed by atoms with van der Waals surface area (Å²) in [5.41, 5.74) is 1.58. The van der Waals surface area contributed by atoms with Crippen LogP contribution in [0, 0.1) is 0 Å². The van der Waals surface area contributed by atoms with E-state index in [1.807, 2.05) is 37.2 Å². The quantitative estimate of drug-likeness (QED) is 0.849. The lowest BCUT2D eigenvalue weighted by Crippen LogP contribution is -2.28. The maximum absolute atomic E-state index is 12.2. The largest absolute Gasteiger partial charge is 0.481 e. The van der Waals surface area contributed by atoms with Crippen LogP contribution in [0.4, 0.5) is 5.69 Å². The van der Waals surface area contributed by atoms with Gasteiger partial charge in [0, 0.05) is 45.4 Å². The number of carboxylic acid groups (broad SMARTS) is 1. The van der Waals surface area contributed by atoms with Crippen molar-refractivity contribution in [1.82, 2.24) is 4.90 Å². The van der Waals surface area contributed by atoms with Gasteiger partial charge in [0.25, 0.3) is 5.91 Å². The van der Waals surface area contributed by atoms with Crippen LogP contribution in [-0.2, 0) is 4.79 Å². The van der Waals surface area contributed by atoms with Crippen molar-refractivity contribution in [2.24, 2.45) is 0 Å². The van der Waals surface area contributed by atoms with Gasteiger partial charge in [0.05, 0.1) is 0 Å². The van der Waals surface area contributed by atoms with Crippen LogP contribution in [0.1, 0.15) is 23.2 Å². The third-order valence-electron chi connectivity index (χ3n) is 2.84. The van der Waals surface area contributed by atoms with Crippen molar-refractivity contribution < 1.29 is 14.7 Å². The molecule has 0 heterocycles. The molecule has 0 aliphatic rings. The smallest absolute Gasteiger partial charge is 0.303 e. The van der Waals surface area contributed by atoms with Gasteiger partial charge >= 0.3 is 5.97 Å². The van der Waals surface area contributed by atoms with Crippen LogP contribution in [0.3, 0.4) is 0 Å². The molecule has 0 fully saturated rings. The van der Waals surface area contributed by atoms with Crippen LogP contribution < -0.4 is 4.90 Å². The monoisotopic (exact) mass is 264 g/mol. The SMILES string of the molecule is CN(CCCC(=O)O)C(=O)c1cccc(N(C)C)c1. The molecule has 104 valence electrons. The lowest BCUT2D eigenvalue weighted by Gasteiger charge is -2.18. The van der Waals surface area contributed by atoms with Gasteiger partial charge in [-0.15, -0.1) is 0 Å². The highest BCUT2D eigenvalue weighted by atomic mass is 16.4. The molecule has 0 atom stereocenters. The molecule has 0 saturated heterocycles. The standard InChI is InChI=1S/C14H20N2O3/c1-15(2)12-7-4-6-11(10-12)14(19)16(3)9-5-8-13(17)18/h4,6-7,10H,5,8-9H2,1-3H3,(H,17,18). The van der Waals surface area contributed by atoms with Gasteiger partial charge in [0.2, 0.25) is 0 Å². The molecule has 1 aromatic rings. The second-order valence-electron chi connectivity index (χ2n) is 4.67. The van der Waals surface area contributed by atoms with Crippen LogP contribution in [0.25, 0.3) is 0 Å². The zero-order valence-corrected chi connectivity index (χ0v) is 11.6. The Morgan fingerprint density at radius 1 is 1.21 bits per heavy atom. The van der Waals surface area contributed by atoms with E-state index in [4.69, 9.17) is 5.11 Å². The fourth-order valence-corrected chi connectivity index (χ4v) is 1.71. The van der Waals surface area contributed by atoms with Crippen LogP contribution in [0.5, 0.6) is 0 Å². The van der Waals surface area contributed by atoms with Gasteiger partial charge in [0.15, 0.2) is 0 Å². The molecule has 5 heteroatoms. The first-order valence-corrected chi connectivity index (χ1v) is 6.16. The van der Waals surface area contributed by atoms with Crippen molar-refractivity contribution in [2.75, 3.05) is 32.6 Å². The van der Waals surface area contributed by atoms with Gasteiger partial charge in [-0.2, -0.15) is 0 Å². The molecule has 0 unspecified atom stereocenters. The van der Waals surface area contributed by atoms with E-state index in [1.54, 1.807) is 18.0 Å². The van der Waals surface area contributed by atoms with E-state index in [9.17, 15) is 9.59 Å². The number of hydrogen-bond acceptors (Lipinski definition) is 3. The molecule has 0 aromatic heterocycles. The van der Waals surface area contributed by atoms with Crippen molar-refractivity contribution in [3.63, 3.8) is 0 Å². The second-order valence-corrected chi connectivity index (χ2v) is 4.67. The number of anilines is 1. The van der Waals surface area contributed by atoms with E-state index in [0.717, 1.165) is 5.69 Å². The van der Waals surface area contributed by atoms with Gasteiger partial charge in [0.1, 0.15) is 0 Å². The number of nitrogens with zero attached hydrogens (tertiary/aromatic N) is 2. The Balaban J connectivity index is 2.66. The summed E-state index contributed by atoms with van der Waals surface area (Å²) in [6.45, 7) is 0.442. The summed E-state index contributed by atoms with van der Waals surface area (Å²) < 4.78 is 0.